The highest BCUT2D eigenvalue weighted by molar-refractivity contribution is 4.71. The van der Waals surface area contributed by atoms with Gasteiger partial charge in [-0.2, -0.15) is 0 Å². The zero-order valence-corrected chi connectivity index (χ0v) is 8.44. The highest BCUT2D eigenvalue weighted by atomic mass is 19.1. The molecule has 0 spiro atoms. The van der Waals surface area contributed by atoms with Crippen LogP contribution in [0.2, 0.25) is 0 Å². The minimum Gasteiger partial charge on any atom is -0.390 e. The summed E-state index contributed by atoms with van der Waals surface area (Å²) in [6, 6.07) is 0. The van der Waals surface area contributed by atoms with Gasteiger partial charge in [0.15, 0.2) is 0 Å². The summed E-state index contributed by atoms with van der Waals surface area (Å²) in [5.41, 5.74) is -0.788. The van der Waals surface area contributed by atoms with Crippen molar-refractivity contribution in [3.05, 3.63) is 0 Å². The Bertz CT molecular complexity index is 110. The number of alkyl halides is 1. The SMILES string of the molecule is CC(C)CCCC(C)(O)CCF. The Hall–Kier alpha value is -0.110. The fourth-order valence-electron chi connectivity index (χ4n) is 1.22. The molecule has 0 saturated carbocycles. The minimum absolute atomic E-state index is 0.269. The van der Waals surface area contributed by atoms with E-state index in [1.807, 2.05) is 0 Å². The van der Waals surface area contributed by atoms with E-state index in [1.54, 1.807) is 6.92 Å². The van der Waals surface area contributed by atoms with Crippen molar-refractivity contribution in [3.63, 3.8) is 0 Å². The Morgan fingerprint density at radius 2 is 1.92 bits per heavy atom. The summed E-state index contributed by atoms with van der Waals surface area (Å²) >= 11 is 0. The predicted octanol–water partition coefficient (Wildman–Crippen LogP) is 2.92. The molecule has 1 unspecified atom stereocenters. The van der Waals surface area contributed by atoms with Crippen LogP contribution in [0, 0.1) is 5.92 Å². The van der Waals surface area contributed by atoms with Crippen LogP contribution in [-0.4, -0.2) is 17.4 Å². The molecular weight excluding hydrogens is 155 g/mol. The molecular formula is C10H21FO. The van der Waals surface area contributed by atoms with E-state index in [-0.39, 0.29) is 6.42 Å². The van der Waals surface area contributed by atoms with Crippen molar-refractivity contribution in [2.24, 2.45) is 5.92 Å². The average molecular weight is 176 g/mol. The lowest BCUT2D eigenvalue weighted by Crippen LogP contribution is -2.24. The standard InChI is InChI=1S/C10H21FO/c1-9(2)5-4-6-10(3,12)7-8-11/h9,12H,4-8H2,1-3H3. The zero-order valence-electron chi connectivity index (χ0n) is 8.44. The van der Waals surface area contributed by atoms with Gasteiger partial charge in [0.25, 0.3) is 0 Å². The van der Waals surface area contributed by atoms with Crippen molar-refractivity contribution in [1.29, 1.82) is 0 Å². The van der Waals surface area contributed by atoms with Gasteiger partial charge in [0.2, 0.25) is 0 Å². The van der Waals surface area contributed by atoms with Crippen LogP contribution < -0.4 is 0 Å². The third-order valence-corrected chi connectivity index (χ3v) is 2.13. The van der Waals surface area contributed by atoms with E-state index in [0.29, 0.717) is 5.92 Å². The van der Waals surface area contributed by atoms with Gasteiger partial charge in [-0.05, 0) is 19.3 Å². The van der Waals surface area contributed by atoms with Crippen molar-refractivity contribution in [1.82, 2.24) is 0 Å². The van der Waals surface area contributed by atoms with Crippen molar-refractivity contribution >= 4 is 0 Å². The maximum absolute atomic E-state index is 11.9. The molecule has 1 N–H and O–H groups in total. The van der Waals surface area contributed by atoms with Crippen molar-refractivity contribution < 1.29 is 9.50 Å². The smallest absolute Gasteiger partial charge is 0.0921 e. The van der Waals surface area contributed by atoms with E-state index in [4.69, 9.17) is 0 Å². The molecule has 0 fully saturated rings. The van der Waals surface area contributed by atoms with Crippen LogP contribution >= 0.6 is 0 Å². The van der Waals surface area contributed by atoms with Gasteiger partial charge < -0.3 is 5.11 Å². The summed E-state index contributed by atoms with van der Waals surface area (Å²) in [5.74, 6) is 0.672. The van der Waals surface area contributed by atoms with E-state index >= 15 is 0 Å². The molecule has 0 saturated heterocycles. The zero-order chi connectivity index (χ0) is 9.61. The topological polar surface area (TPSA) is 20.2 Å². The highest BCUT2D eigenvalue weighted by Gasteiger charge is 2.18. The molecule has 0 radical (unpaired) electrons. The molecule has 1 nitrogen and oxygen atoms in total. The number of aliphatic hydroxyl groups is 1. The van der Waals surface area contributed by atoms with Gasteiger partial charge in [0.1, 0.15) is 0 Å². The second kappa shape index (κ2) is 5.52. The van der Waals surface area contributed by atoms with Crippen LogP contribution in [0.1, 0.15) is 46.5 Å². The number of hydrogen-bond acceptors (Lipinski definition) is 1. The summed E-state index contributed by atoms with van der Waals surface area (Å²) < 4.78 is 11.9. The largest absolute Gasteiger partial charge is 0.390 e. The molecule has 0 aliphatic carbocycles. The lowest BCUT2D eigenvalue weighted by Gasteiger charge is -2.21. The molecule has 0 amide bonds. The van der Waals surface area contributed by atoms with E-state index < -0.39 is 12.3 Å². The Balaban J connectivity index is 3.46. The number of rotatable bonds is 6. The number of hydrogen-bond donors (Lipinski definition) is 1. The lowest BCUT2D eigenvalue weighted by atomic mass is 9.94. The van der Waals surface area contributed by atoms with Crippen LogP contribution in [0.25, 0.3) is 0 Å². The summed E-state index contributed by atoms with van der Waals surface area (Å²) in [5, 5.41) is 9.59. The summed E-state index contributed by atoms with van der Waals surface area (Å²) in [4.78, 5) is 0. The fraction of sp³-hybridized carbons (Fsp3) is 1.00. The van der Waals surface area contributed by atoms with Gasteiger partial charge in [0, 0.05) is 6.42 Å². The first-order valence-corrected chi connectivity index (χ1v) is 4.76. The first-order valence-electron chi connectivity index (χ1n) is 4.76. The molecule has 0 aromatic carbocycles. The van der Waals surface area contributed by atoms with Crippen molar-refractivity contribution in [2.45, 2.75) is 52.1 Å². The molecule has 0 aliphatic rings. The molecule has 0 aromatic heterocycles. The first-order chi connectivity index (χ1) is 5.48. The Labute approximate surface area is 75.0 Å². The van der Waals surface area contributed by atoms with Gasteiger partial charge in [-0.1, -0.05) is 26.7 Å². The highest BCUT2D eigenvalue weighted by Crippen LogP contribution is 2.19. The quantitative estimate of drug-likeness (QED) is 0.659. The van der Waals surface area contributed by atoms with E-state index in [0.717, 1.165) is 19.3 Å². The van der Waals surface area contributed by atoms with Crippen LogP contribution in [0.3, 0.4) is 0 Å². The molecule has 2 heteroatoms. The summed E-state index contributed by atoms with van der Waals surface area (Å²) in [6.45, 7) is 5.61. The summed E-state index contributed by atoms with van der Waals surface area (Å²) in [7, 11) is 0. The Morgan fingerprint density at radius 3 is 2.33 bits per heavy atom. The third kappa shape index (κ3) is 6.59. The molecule has 0 rings (SSSR count). The van der Waals surface area contributed by atoms with Crippen LogP contribution in [-0.2, 0) is 0 Å². The maximum atomic E-state index is 11.9. The van der Waals surface area contributed by atoms with E-state index in [1.165, 1.54) is 0 Å². The second-order valence-corrected chi connectivity index (χ2v) is 4.22. The lowest BCUT2D eigenvalue weighted by molar-refractivity contribution is 0.0324. The molecule has 0 bridgehead atoms. The third-order valence-electron chi connectivity index (χ3n) is 2.13. The second-order valence-electron chi connectivity index (χ2n) is 4.22. The Kier molecular flexibility index (Phi) is 5.47. The Morgan fingerprint density at radius 1 is 1.33 bits per heavy atom. The molecule has 0 heterocycles. The van der Waals surface area contributed by atoms with Gasteiger partial charge in [-0.3, -0.25) is 4.39 Å². The normalized spacial score (nSPS) is 16.5. The maximum Gasteiger partial charge on any atom is 0.0921 e. The van der Waals surface area contributed by atoms with Crippen LogP contribution in [0.5, 0.6) is 0 Å². The number of halogens is 1. The monoisotopic (exact) mass is 176 g/mol. The predicted molar refractivity (Wildman–Crippen MR) is 49.9 cm³/mol. The van der Waals surface area contributed by atoms with Gasteiger partial charge in [-0.15, -0.1) is 0 Å². The van der Waals surface area contributed by atoms with Crippen molar-refractivity contribution in [3.8, 4) is 0 Å². The van der Waals surface area contributed by atoms with Crippen molar-refractivity contribution in [2.75, 3.05) is 6.67 Å². The van der Waals surface area contributed by atoms with Gasteiger partial charge in [-0.25, -0.2) is 0 Å². The molecule has 0 aromatic rings. The molecule has 0 aliphatic heterocycles. The first kappa shape index (κ1) is 11.9. The van der Waals surface area contributed by atoms with Crippen LogP contribution in [0.4, 0.5) is 4.39 Å². The van der Waals surface area contributed by atoms with Gasteiger partial charge in [0.05, 0.1) is 12.3 Å². The summed E-state index contributed by atoms with van der Waals surface area (Å²) in [6.07, 6.45) is 3.09. The van der Waals surface area contributed by atoms with Crippen LogP contribution in [0.15, 0.2) is 0 Å². The minimum atomic E-state index is -0.788. The fourth-order valence-corrected chi connectivity index (χ4v) is 1.22. The molecule has 12 heavy (non-hydrogen) atoms. The van der Waals surface area contributed by atoms with Gasteiger partial charge >= 0.3 is 0 Å². The van der Waals surface area contributed by atoms with E-state index in [2.05, 4.69) is 13.8 Å². The average Bonchev–Trinajstić information content (AvgIpc) is 1.85. The van der Waals surface area contributed by atoms with E-state index in [9.17, 15) is 9.50 Å². The molecule has 74 valence electrons. The molecule has 1 atom stereocenters.